The first-order valence-corrected chi connectivity index (χ1v) is 11.7. The van der Waals surface area contributed by atoms with Crippen molar-refractivity contribution in [1.29, 1.82) is 0 Å². The van der Waals surface area contributed by atoms with Gasteiger partial charge in [0.25, 0.3) is 0 Å². The van der Waals surface area contributed by atoms with Gasteiger partial charge in [-0.05, 0) is 37.0 Å². The van der Waals surface area contributed by atoms with E-state index in [-0.39, 0.29) is 12.3 Å². The average molecular weight is 314 g/mol. The van der Waals surface area contributed by atoms with Crippen LogP contribution < -0.4 is 5.19 Å². The summed E-state index contributed by atoms with van der Waals surface area (Å²) in [5.41, 5.74) is 0.337. The van der Waals surface area contributed by atoms with E-state index in [4.69, 9.17) is 9.31 Å². The Bertz CT molecular complexity index is 588. The van der Waals surface area contributed by atoms with Crippen molar-refractivity contribution in [3.8, 4) is 0 Å². The SMILES string of the molecule is CC1(C)[C@H]2C[C@@H]3OB([Si](C)(C)c4ccccc4)O[C@]3(C)[C@@H]1C2. The first kappa shape index (κ1) is 15.0. The molecule has 4 aliphatic rings. The molecule has 4 heteroatoms. The molecule has 0 N–H and O–H groups in total. The lowest BCUT2D eigenvalue weighted by Gasteiger charge is -2.64. The van der Waals surface area contributed by atoms with Gasteiger partial charge in [0, 0.05) is 0 Å². The van der Waals surface area contributed by atoms with Crippen molar-refractivity contribution in [1.82, 2.24) is 0 Å². The molecule has 1 aromatic carbocycles. The lowest BCUT2D eigenvalue weighted by Crippen LogP contribution is -2.65. The minimum Gasteiger partial charge on any atom is -0.408 e. The fourth-order valence-corrected chi connectivity index (χ4v) is 7.56. The summed E-state index contributed by atoms with van der Waals surface area (Å²) in [5, 5.41) is 1.42. The molecule has 1 heterocycles. The summed E-state index contributed by atoms with van der Waals surface area (Å²) in [7, 11) is -1.78. The van der Waals surface area contributed by atoms with Crippen LogP contribution in [-0.2, 0) is 9.31 Å². The van der Waals surface area contributed by atoms with Crippen LogP contribution in [0.25, 0.3) is 0 Å². The Labute approximate surface area is 135 Å². The zero-order valence-electron chi connectivity index (χ0n) is 14.4. The maximum atomic E-state index is 6.70. The monoisotopic (exact) mass is 314 g/mol. The Morgan fingerprint density at radius 2 is 1.77 bits per heavy atom. The second-order valence-electron chi connectivity index (χ2n) is 8.89. The van der Waals surface area contributed by atoms with Crippen LogP contribution in [0.4, 0.5) is 0 Å². The van der Waals surface area contributed by atoms with Crippen LogP contribution in [0.5, 0.6) is 0 Å². The van der Waals surface area contributed by atoms with E-state index in [1.54, 1.807) is 0 Å². The maximum Gasteiger partial charge on any atom is 0.438 e. The van der Waals surface area contributed by atoms with Gasteiger partial charge in [0.1, 0.15) is 7.94 Å². The van der Waals surface area contributed by atoms with Gasteiger partial charge in [-0.25, -0.2) is 0 Å². The van der Waals surface area contributed by atoms with Crippen molar-refractivity contribution in [3.63, 3.8) is 0 Å². The number of hydrogen-bond acceptors (Lipinski definition) is 2. The minimum absolute atomic E-state index is 0.0138. The molecule has 4 atom stereocenters. The van der Waals surface area contributed by atoms with E-state index in [1.165, 1.54) is 18.0 Å². The summed E-state index contributed by atoms with van der Waals surface area (Å²) in [6.07, 6.45) is 2.80. The third-order valence-corrected chi connectivity index (χ3v) is 10.3. The molecular weight excluding hydrogens is 287 g/mol. The number of hydrogen-bond donors (Lipinski definition) is 0. The smallest absolute Gasteiger partial charge is 0.408 e. The molecule has 0 radical (unpaired) electrons. The van der Waals surface area contributed by atoms with Crippen LogP contribution in [0.3, 0.4) is 0 Å². The van der Waals surface area contributed by atoms with Crippen LogP contribution in [0.2, 0.25) is 13.1 Å². The third kappa shape index (κ3) is 1.81. The molecule has 0 spiro atoms. The highest BCUT2D eigenvalue weighted by Gasteiger charge is 2.69. The van der Waals surface area contributed by atoms with Crippen molar-refractivity contribution >= 4 is 19.8 Å². The predicted molar refractivity (Wildman–Crippen MR) is 93.7 cm³/mol. The predicted octanol–water partition coefficient (Wildman–Crippen LogP) is 3.41. The molecular formula is C18H27BO2Si. The molecule has 1 aliphatic heterocycles. The van der Waals surface area contributed by atoms with Gasteiger partial charge in [0.05, 0.1) is 11.7 Å². The summed E-state index contributed by atoms with van der Waals surface area (Å²) < 4.78 is 13.2. The molecule has 1 aromatic rings. The van der Waals surface area contributed by atoms with E-state index in [2.05, 4.69) is 64.2 Å². The van der Waals surface area contributed by atoms with Gasteiger partial charge >= 0.3 is 6.71 Å². The summed E-state index contributed by atoms with van der Waals surface area (Å²) in [5.74, 6) is 1.47. The zero-order valence-corrected chi connectivity index (χ0v) is 15.4. The largest absolute Gasteiger partial charge is 0.438 e. The first-order chi connectivity index (χ1) is 10.3. The van der Waals surface area contributed by atoms with Gasteiger partial charge < -0.3 is 9.31 Å². The van der Waals surface area contributed by atoms with E-state index < -0.39 is 7.94 Å². The summed E-state index contributed by atoms with van der Waals surface area (Å²) in [4.78, 5) is 0. The fraction of sp³-hybridized carbons (Fsp3) is 0.667. The van der Waals surface area contributed by atoms with Gasteiger partial charge in [-0.2, -0.15) is 0 Å². The van der Waals surface area contributed by atoms with E-state index in [1.807, 2.05) is 0 Å². The van der Waals surface area contributed by atoms with Gasteiger partial charge in [-0.15, -0.1) is 0 Å². The van der Waals surface area contributed by atoms with Crippen molar-refractivity contribution < 1.29 is 9.31 Å². The molecule has 2 bridgehead atoms. The minimum atomic E-state index is -1.78. The van der Waals surface area contributed by atoms with E-state index in [0.29, 0.717) is 17.4 Å². The highest BCUT2D eigenvalue weighted by atomic mass is 28.3. The summed E-state index contributed by atoms with van der Waals surface area (Å²) in [6.45, 7) is 11.9. The Kier molecular flexibility index (Phi) is 3.06. The number of rotatable bonds is 2. The molecule has 0 unspecified atom stereocenters. The first-order valence-electron chi connectivity index (χ1n) is 8.65. The molecule has 4 fully saturated rings. The topological polar surface area (TPSA) is 18.5 Å². The molecule has 3 saturated carbocycles. The molecule has 118 valence electrons. The fourth-order valence-electron chi connectivity index (χ4n) is 5.18. The van der Waals surface area contributed by atoms with Gasteiger partial charge in [0.2, 0.25) is 0 Å². The van der Waals surface area contributed by atoms with Crippen LogP contribution in [0, 0.1) is 17.3 Å². The van der Waals surface area contributed by atoms with Gasteiger partial charge in [-0.1, -0.05) is 62.5 Å². The van der Waals surface area contributed by atoms with Crippen LogP contribution >= 0.6 is 0 Å². The van der Waals surface area contributed by atoms with E-state index in [9.17, 15) is 0 Å². The van der Waals surface area contributed by atoms with Crippen molar-refractivity contribution in [3.05, 3.63) is 30.3 Å². The van der Waals surface area contributed by atoms with Gasteiger partial charge in [-0.3, -0.25) is 0 Å². The quantitative estimate of drug-likeness (QED) is 0.779. The molecule has 22 heavy (non-hydrogen) atoms. The van der Waals surface area contributed by atoms with Crippen molar-refractivity contribution in [2.24, 2.45) is 17.3 Å². The second kappa shape index (κ2) is 4.49. The van der Waals surface area contributed by atoms with Crippen molar-refractivity contribution in [2.45, 2.75) is 58.4 Å². The summed E-state index contributed by atoms with van der Waals surface area (Å²) in [6, 6.07) is 10.8. The normalized spacial score (nSPS) is 39.3. The Morgan fingerprint density at radius 3 is 2.41 bits per heavy atom. The Morgan fingerprint density at radius 1 is 1.09 bits per heavy atom. The highest BCUT2D eigenvalue weighted by molar-refractivity contribution is 7.33. The second-order valence-corrected chi connectivity index (χ2v) is 13.4. The number of benzene rings is 1. The van der Waals surface area contributed by atoms with E-state index >= 15 is 0 Å². The molecule has 1 saturated heterocycles. The lowest BCUT2D eigenvalue weighted by molar-refractivity contribution is -0.199. The average Bonchev–Trinajstić information content (AvgIpc) is 2.85. The van der Waals surface area contributed by atoms with Crippen LogP contribution in [0.1, 0.15) is 33.6 Å². The maximum absolute atomic E-state index is 6.70. The standard InChI is InChI=1S/C18H27BO2Si/c1-17(2)13-11-15(17)18(3)16(12-13)20-19(21-18)22(4,5)14-9-7-6-8-10-14/h6-10,13,15-16H,11-12H2,1-5H3/t13-,15-,16+,18-/m1/s1. The highest BCUT2D eigenvalue weighted by Crippen LogP contribution is 2.65. The molecule has 0 amide bonds. The summed E-state index contributed by atoms with van der Waals surface area (Å²) >= 11 is 0. The molecule has 0 aromatic heterocycles. The Hall–Kier alpha value is -0.578. The van der Waals surface area contributed by atoms with Crippen LogP contribution in [-0.4, -0.2) is 26.4 Å². The van der Waals surface area contributed by atoms with Gasteiger partial charge in [0.15, 0.2) is 0 Å². The van der Waals surface area contributed by atoms with Crippen LogP contribution in [0.15, 0.2) is 30.3 Å². The molecule has 5 rings (SSSR count). The zero-order chi connectivity index (χ0) is 15.8. The molecule has 2 nitrogen and oxygen atoms in total. The van der Waals surface area contributed by atoms with E-state index in [0.717, 1.165) is 5.92 Å². The molecule has 3 aliphatic carbocycles. The third-order valence-electron chi connectivity index (χ3n) is 7.06. The van der Waals surface area contributed by atoms with Crippen molar-refractivity contribution in [2.75, 3.05) is 0 Å². The lowest BCUT2D eigenvalue weighted by atomic mass is 9.43. The Balaban J connectivity index is 1.63.